The third-order valence-electron chi connectivity index (χ3n) is 5.37. The van der Waals surface area contributed by atoms with Gasteiger partial charge in [-0.15, -0.1) is 0 Å². The third kappa shape index (κ3) is 3.34. The molecule has 4 aromatic carbocycles. The van der Waals surface area contributed by atoms with Gasteiger partial charge in [-0.1, -0.05) is 78.9 Å². The molecule has 1 aromatic heterocycles. The molecule has 0 fully saturated rings. The number of pyridine rings is 1. The van der Waals surface area contributed by atoms with E-state index in [2.05, 4.69) is 71.7 Å². The van der Waals surface area contributed by atoms with Crippen molar-refractivity contribution in [2.24, 2.45) is 0 Å². The van der Waals surface area contributed by atoms with Crippen molar-refractivity contribution in [1.29, 1.82) is 5.26 Å². The molecule has 0 bridgehead atoms. The van der Waals surface area contributed by atoms with Gasteiger partial charge in [0.05, 0.1) is 17.3 Å². The van der Waals surface area contributed by atoms with Crippen molar-refractivity contribution in [3.05, 3.63) is 115 Å². The zero-order valence-corrected chi connectivity index (χ0v) is 16.3. The van der Waals surface area contributed by atoms with Gasteiger partial charge in [-0.05, 0) is 57.3 Å². The van der Waals surface area contributed by atoms with Crippen molar-refractivity contribution in [2.45, 2.75) is 0 Å². The van der Waals surface area contributed by atoms with Crippen LogP contribution in [0, 0.1) is 11.3 Å². The molecule has 0 radical (unpaired) electrons. The van der Waals surface area contributed by atoms with E-state index in [0.29, 0.717) is 5.56 Å². The van der Waals surface area contributed by atoms with Gasteiger partial charge in [0.25, 0.3) is 0 Å². The van der Waals surface area contributed by atoms with Crippen LogP contribution in [0.15, 0.2) is 109 Å². The van der Waals surface area contributed by atoms with E-state index in [9.17, 15) is 5.26 Å². The molecule has 0 saturated carbocycles. The van der Waals surface area contributed by atoms with E-state index < -0.39 is 0 Å². The highest BCUT2D eigenvalue weighted by Gasteiger charge is 2.08. The predicted octanol–water partition coefficient (Wildman–Crippen LogP) is 7.11. The molecule has 0 aliphatic rings. The maximum atomic E-state index is 9.18. The fraction of sp³-hybridized carbons (Fsp3) is 0. The lowest BCUT2D eigenvalue weighted by molar-refractivity contribution is 1.33. The topological polar surface area (TPSA) is 36.7 Å². The Bertz CT molecular complexity index is 1380. The average molecular weight is 382 g/mol. The lowest BCUT2D eigenvalue weighted by Crippen LogP contribution is -1.88. The zero-order valence-electron chi connectivity index (χ0n) is 16.3. The van der Waals surface area contributed by atoms with Crippen LogP contribution in [0.2, 0.25) is 0 Å². The fourth-order valence-corrected chi connectivity index (χ4v) is 3.82. The number of nitriles is 1. The standard InChI is InChI=1S/C28H18N2/c29-19-20-9-14-26-25(17-20)7-4-8-27(26)28-18-24(15-16-30-28)23-12-10-22(11-13-23)21-5-2-1-3-6-21/h1-18H. The van der Waals surface area contributed by atoms with E-state index in [1.54, 1.807) is 0 Å². The van der Waals surface area contributed by atoms with Crippen LogP contribution in [0.3, 0.4) is 0 Å². The molecule has 2 heteroatoms. The van der Waals surface area contributed by atoms with Gasteiger partial charge in [0.2, 0.25) is 0 Å². The number of fused-ring (bicyclic) bond motifs is 1. The van der Waals surface area contributed by atoms with E-state index in [-0.39, 0.29) is 0 Å². The highest BCUT2D eigenvalue weighted by atomic mass is 14.7. The summed E-state index contributed by atoms with van der Waals surface area (Å²) in [5, 5.41) is 11.3. The lowest BCUT2D eigenvalue weighted by atomic mass is 9.97. The minimum absolute atomic E-state index is 0.667. The van der Waals surface area contributed by atoms with E-state index in [0.717, 1.165) is 33.2 Å². The van der Waals surface area contributed by atoms with Gasteiger partial charge in [-0.25, -0.2) is 0 Å². The van der Waals surface area contributed by atoms with Crippen LogP contribution in [-0.2, 0) is 0 Å². The summed E-state index contributed by atoms with van der Waals surface area (Å²) in [5.41, 5.74) is 7.37. The van der Waals surface area contributed by atoms with E-state index >= 15 is 0 Å². The first-order valence-electron chi connectivity index (χ1n) is 9.87. The monoisotopic (exact) mass is 382 g/mol. The molecule has 2 nitrogen and oxygen atoms in total. The quantitative estimate of drug-likeness (QED) is 0.333. The molecule has 1 heterocycles. The molecule has 5 rings (SSSR count). The van der Waals surface area contributed by atoms with Crippen molar-refractivity contribution >= 4 is 10.8 Å². The van der Waals surface area contributed by atoms with Crippen LogP contribution in [0.5, 0.6) is 0 Å². The molecule has 5 aromatic rings. The predicted molar refractivity (Wildman–Crippen MR) is 123 cm³/mol. The summed E-state index contributed by atoms with van der Waals surface area (Å²) in [6.45, 7) is 0. The van der Waals surface area contributed by atoms with E-state index in [4.69, 9.17) is 0 Å². The molecular weight excluding hydrogens is 364 g/mol. The van der Waals surface area contributed by atoms with Gasteiger partial charge in [0.15, 0.2) is 0 Å². The van der Waals surface area contributed by atoms with Crippen LogP contribution in [-0.4, -0.2) is 4.98 Å². The van der Waals surface area contributed by atoms with Gasteiger partial charge >= 0.3 is 0 Å². The molecule has 0 unspecified atom stereocenters. The van der Waals surface area contributed by atoms with Crippen LogP contribution in [0.4, 0.5) is 0 Å². The molecule has 0 aliphatic carbocycles. The Morgan fingerprint density at radius 3 is 2.10 bits per heavy atom. The smallest absolute Gasteiger partial charge is 0.0991 e. The Morgan fingerprint density at radius 2 is 1.33 bits per heavy atom. The molecule has 140 valence electrons. The third-order valence-corrected chi connectivity index (χ3v) is 5.37. The van der Waals surface area contributed by atoms with Gasteiger partial charge in [0, 0.05) is 11.8 Å². The van der Waals surface area contributed by atoms with Crippen molar-refractivity contribution in [1.82, 2.24) is 4.98 Å². The molecule has 0 spiro atoms. The molecule has 30 heavy (non-hydrogen) atoms. The maximum Gasteiger partial charge on any atom is 0.0991 e. The number of benzene rings is 4. The van der Waals surface area contributed by atoms with Gasteiger partial charge in [-0.3, -0.25) is 4.98 Å². The van der Waals surface area contributed by atoms with Crippen molar-refractivity contribution in [3.63, 3.8) is 0 Å². The lowest BCUT2D eigenvalue weighted by Gasteiger charge is -2.09. The van der Waals surface area contributed by atoms with Crippen LogP contribution in [0.25, 0.3) is 44.3 Å². The summed E-state index contributed by atoms with van der Waals surface area (Å²) in [6, 6.07) is 37.3. The van der Waals surface area contributed by atoms with Gasteiger partial charge < -0.3 is 0 Å². The normalized spacial score (nSPS) is 10.6. The Morgan fingerprint density at radius 1 is 0.600 bits per heavy atom. The first kappa shape index (κ1) is 17.8. The molecule has 0 atom stereocenters. The Labute approximate surface area is 175 Å². The fourth-order valence-electron chi connectivity index (χ4n) is 3.82. The minimum atomic E-state index is 0.667. The second kappa shape index (κ2) is 7.66. The summed E-state index contributed by atoms with van der Waals surface area (Å²) in [6.07, 6.45) is 1.86. The molecule has 0 aliphatic heterocycles. The number of rotatable bonds is 3. The highest BCUT2D eigenvalue weighted by molar-refractivity contribution is 5.97. The van der Waals surface area contributed by atoms with E-state index in [1.165, 1.54) is 11.1 Å². The van der Waals surface area contributed by atoms with Gasteiger partial charge in [-0.2, -0.15) is 5.26 Å². The van der Waals surface area contributed by atoms with Crippen molar-refractivity contribution in [2.75, 3.05) is 0 Å². The summed E-state index contributed by atoms with van der Waals surface area (Å²) >= 11 is 0. The van der Waals surface area contributed by atoms with Crippen LogP contribution < -0.4 is 0 Å². The minimum Gasteiger partial charge on any atom is -0.256 e. The first-order valence-corrected chi connectivity index (χ1v) is 9.87. The summed E-state index contributed by atoms with van der Waals surface area (Å²) in [5.74, 6) is 0. The SMILES string of the molecule is N#Cc1ccc2c(-c3cc(-c4ccc(-c5ccccc5)cc4)ccn3)cccc2c1. The Hall–Kier alpha value is -4.22. The Kier molecular flexibility index (Phi) is 4.56. The number of hydrogen-bond acceptors (Lipinski definition) is 2. The molecular formula is C28H18N2. The molecule has 0 saturated heterocycles. The first-order chi connectivity index (χ1) is 14.8. The summed E-state index contributed by atoms with van der Waals surface area (Å²) in [7, 11) is 0. The van der Waals surface area contributed by atoms with Gasteiger partial charge in [0.1, 0.15) is 0 Å². The average Bonchev–Trinajstić information content (AvgIpc) is 2.84. The number of nitrogens with zero attached hydrogens (tertiary/aromatic N) is 2. The molecule has 0 amide bonds. The number of aromatic nitrogens is 1. The second-order valence-electron chi connectivity index (χ2n) is 7.23. The zero-order chi connectivity index (χ0) is 20.3. The largest absolute Gasteiger partial charge is 0.256 e. The van der Waals surface area contributed by atoms with Crippen LogP contribution >= 0.6 is 0 Å². The van der Waals surface area contributed by atoms with Crippen LogP contribution in [0.1, 0.15) is 5.56 Å². The maximum absolute atomic E-state index is 9.18. The van der Waals surface area contributed by atoms with Crippen molar-refractivity contribution < 1.29 is 0 Å². The summed E-state index contributed by atoms with van der Waals surface area (Å²) in [4.78, 5) is 4.63. The molecule has 0 N–H and O–H groups in total. The Balaban J connectivity index is 1.54. The summed E-state index contributed by atoms with van der Waals surface area (Å²) < 4.78 is 0. The van der Waals surface area contributed by atoms with Crippen molar-refractivity contribution in [3.8, 4) is 39.6 Å². The highest BCUT2D eigenvalue weighted by Crippen LogP contribution is 2.31. The van der Waals surface area contributed by atoms with E-state index in [1.807, 2.05) is 48.7 Å². The number of hydrogen-bond donors (Lipinski definition) is 0. The second-order valence-corrected chi connectivity index (χ2v) is 7.23.